The minimum atomic E-state index is -0.598. The number of hydrogen-bond acceptors (Lipinski definition) is 1. The number of alkyl halides is 1. The van der Waals surface area contributed by atoms with Crippen LogP contribution in [0, 0.1) is 0 Å². The van der Waals surface area contributed by atoms with E-state index in [-0.39, 0.29) is 0 Å². The minimum Gasteiger partial charge on any atom is -0.156 e. The molecule has 0 amide bonds. The van der Waals surface area contributed by atoms with Gasteiger partial charge in [-0.15, -0.1) is 11.6 Å². The highest BCUT2D eigenvalue weighted by Gasteiger charge is 2.14. The molecule has 1 aliphatic rings. The number of rotatable bonds is 4. The zero-order chi connectivity index (χ0) is 18.3. The van der Waals surface area contributed by atoms with E-state index in [1.54, 1.807) is 0 Å². The largest absolute Gasteiger partial charge is 0.156 e. The van der Waals surface area contributed by atoms with Crippen molar-refractivity contribution < 1.29 is 0 Å². The molecule has 0 saturated heterocycles. The van der Waals surface area contributed by atoms with Gasteiger partial charge in [-0.25, -0.2) is 0 Å². The smallest absolute Gasteiger partial charge is 0.0519 e. The Bertz CT molecular complexity index is 283. The van der Waals surface area contributed by atoms with Crippen LogP contribution in [0.15, 0.2) is 12.2 Å². The summed E-state index contributed by atoms with van der Waals surface area (Å²) in [6.45, 7) is 11.4. The van der Waals surface area contributed by atoms with Crippen LogP contribution >= 0.6 is 23.4 Å². The maximum absolute atomic E-state index is 6.19. The van der Waals surface area contributed by atoms with E-state index in [0.29, 0.717) is 9.75 Å². The topological polar surface area (TPSA) is 0 Å². The number of thioether (sulfide) groups is 1. The van der Waals surface area contributed by atoms with Crippen molar-refractivity contribution in [3.63, 3.8) is 0 Å². The molecule has 3 heteroatoms. The molecule has 0 aromatic heterocycles. The molecule has 0 heterocycles. The molecule has 1 aliphatic carbocycles. The van der Waals surface area contributed by atoms with Crippen molar-refractivity contribution in [1.82, 2.24) is 0 Å². The van der Waals surface area contributed by atoms with E-state index < -0.39 is 8.80 Å². The Morgan fingerprint density at radius 3 is 1.67 bits per heavy atom. The molecular formula is C21H43ClSSi. The summed E-state index contributed by atoms with van der Waals surface area (Å²) in [6, 6.07) is 0. The van der Waals surface area contributed by atoms with E-state index in [0.717, 1.165) is 0 Å². The van der Waals surface area contributed by atoms with E-state index in [9.17, 15) is 0 Å². The van der Waals surface area contributed by atoms with Gasteiger partial charge in [-0.05, 0) is 37.9 Å². The van der Waals surface area contributed by atoms with Crippen LogP contribution in [0.1, 0.15) is 91.4 Å². The van der Waals surface area contributed by atoms with Gasteiger partial charge >= 0.3 is 0 Å². The van der Waals surface area contributed by atoms with Crippen molar-refractivity contribution >= 4 is 32.2 Å². The van der Waals surface area contributed by atoms with Crippen molar-refractivity contribution in [2.75, 3.05) is 5.75 Å². The Hall–Kier alpha value is 0.597. The molecule has 24 heavy (non-hydrogen) atoms. The highest BCUT2D eigenvalue weighted by Crippen LogP contribution is 2.25. The fourth-order valence-corrected chi connectivity index (χ4v) is 4.93. The lowest BCUT2D eigenvalue weighted by Crippen LogP contribution is -2.20. The van der Waals surface area contributed by atoms with Crippen LogP contribution in [-0.4, -0.2) is 24.3 Å². The first kappa shape index (κ1) is 24.6. The van der Waals surface area contributed by atoms with Gasteiger partial charge < -0.3 is 0 Å². The summed E-state index contributed by atoms with van der Waals surface area (Å²) < 4.78 is 0.398. The van der Waals surface area contributed by atoms with Crippen LogP contribution in [0.4, 0.5) is 0 Å². The van der Waals surface area contributed by atoms with Crippen molar-refractivity contribution in [2.45, 2.75) is 114 Å². The summed E-state index contributed by atoms with van der Waals surface area (Å²) in [5.74, 6) is 1.21. The highest BCUT2D eigenvalue weighted by atomic mass is 35.5. The monoisotopic (exact) mass is 390 g/mol. The lowest BCUT2D eigenvalue weighted by molar-refractivity contribution is 0.566. The molecule has 0 aromatic rings. The van der Waals surface area contributed by atoms with Crippen molar-refractivity contribution in [3.8, 4) is 0 Å². The second-order valence-electron chi connectivity index (χ2n) is 8.39. The van der Waals surface area contributed by atoms with Gasteiger partial charge in [-0.1, -0.05) is 84.5 Å². The molecule has 0 fully saturated rings. The van der Waals surface area contributed by atoms with Crippen LogP contribution < -0.4 is 0 Å². The van der Waals surface area contributed by atoms with Gasteiger partial charge in [0.25, 0.3) is 0 Å². The fraction of sp³-hybridized carbons (Fsp3) is 0.905. The van der Waals surface area contributed by atoms with Crippen LogP contribution in [0.5, 0.6) is 0 Å². The first-order chi connectivity index (χ1) is 11.3. The number of hydrogen-bond donors (Lipinski definition) is 0. The number of halogens is 1. The van der Waals surface area contributed by atoms with E-state index in [2.05, 4.69) is 46.0 Å². The lowest BCUT2D eigenvalue weighted by Gasteiger charge is -2.19. The quantitative estimate of drug-likeness (QED) is 0.266. The summed E-state index contributed by atoms with van der Waals surface area (Å²) in [5, 5.41) is 0.486. The van der Waals surface area contributed by atoms with E-state index >= 15 is 0 Å². The third-order valence-corrected chi connectivity index (χ3v) is 9.13. The molecule has 1 atom stereocenters. The average Bonchev–Trinajstić information content (AvgIpc) is 2.47. The van der Waals surface area contributed by atoms with Crippen LogP contribution in [0.2, 0.25) is 13.1 Å². The second kappa shape index (κ2) is 15.8. The minimum absolute atomic E-state index is 0.398. The van der Waals surface area contributed by atoms with Crippen LogP contribution in [0.3, 0.4) is 0 Å². The van der Waals surface area contributed by atoms with E-state index in [4.69, 9.17) is 11.6 Å². The summed E-state index contributed by atoms with van der Waals surface area (Å²) in [4.78, 5) is 0. The second-order valence-corrected chi connectivity index (χ2v) is 14.6. The van der Waals surface area contributed by atoms with Gasteiger partial charge in [0.15, 0.2) is 0 Å². The van der Waals surface area contributed by atoms with Crippen molar-refractivity contribution in [2.24, 2.45) is 0 Å². The standard InChI is InChI=1S/C12H22.C9H21ClSSi/c1-2-4-6-8-10-12-11-9-7-5-3-1;1-9(2,3)11-7-6-8(10)12(4)5/h1-2H,3-12H2;8,12H,6-7H2,1-5H3. The molecule has 0 spiro atoms. The third kappa shape index (κ3) is 18.9. The van der Waals surface area contributed by atoms with Gasteiger partial charge in [0.05, 0.1) is 8.80 Å². The predicted molar refractivity (Wildman–Crippen MR) is 121 cm³/mol. The van der Waals surface area contributed by atoms with Crippen molar-refractivity contribution in [1.29, 1.82) is 0 Å². The predicted octanol–water partition coefficient (Wildman–Crippen LogP) is 8.00. The number of allylic oxidation sites excluding steroid dienone is 2. The van der Waals surface area contributed by atoms with Crippen LogP contribution in [0.25, 0.3) is 0 Å². The molecule has 0 saturated carbocycles. The first-order valence-corrected chi connectivity index (χ1v) is 14.7. The van der Waals surface area contributed by atoms with E-state index in [1.165, 1.54) is 76.4 Å². The maximum Gasteiger partial charge on any atom is 0.0519 e. The molecule has 1 rings (SSSR count). The summed E-state index contributed by atoms with van der Waals surface area (Å²) in [7, 11) is -0.598. The Labute approximate surface area is 164 Å². The Kier molecular flexibility index (Phi) is 16.2. The Balaban J connectivity index is 0.000000441. The molecule has 0 aliphatic heterocycles. The SMILES string of the molecule is C1=CCCCCCCCCCC1.C[SiH](C)C(Cl)CCSC(C)(C)C. The maximum atomic E-state index is 6.19. The molecule has 0 aromatic carbocycles. The van der Waals surface area contributed by atoms with Gasteiger partial charge in [-0.2, -0.15) is 11.8 Å². The first-order valence-electron chi connectivity index (χ1n) is 10.3. The normalized spacial score (nSPS) is 19.0. The Morgan fingerprint density at radius 1 is 0.875 bits per heavy atom. The zero-order valence-corrected chi connectivity index (χ0v) is 19.8. The fourth-order valence-electron chi connectivity index (χ4n) is 2.63. The molecule has 0 radical (unpaired) electrons. The van der Waals surface area contributed by atoms with Crippen molar-refractivity contribution in [3.05, 3.63) is 12.2 Å². The summed E-state index contributed by atoms with van der Waals surface area (Å²) >= 11 is 8.21. The van der Waals surface area contributed by atoms with Crippen LogP contribution in [-0.2, 0) is 0 Å². The van der Waals surface area contributed by atoms with E-state index in [1.807, 2.05) is 11.8 Å². The van der Waals surface area contributed by atoms with Gasteiger partial charge in [0, 0.05) is 9.75 Å². The lowest BCUT2D eigenvalue weighted by atomic mass is 10.0. The van der Waals surface area contributed by atoms with Gasteiger partial charge in [0.2, 0.25) is 0 Å². The molecular weight excluding hydrogens is 348 g/mol. The van der Waals surface area contributed by atoms with Gasteiger partial charge in [-0.3, -0.25) is 0 Å². The third-order valence-electron chi connectivity index (χ3n) is 4.31. The molecule has 144 valence electrons. The molecule has 1 unspecified atom stereocenters. The summed E-state index contributed by atoms with van der Waals surface area (Å²) in [5.41, 5.74) is 0. The highest BCUT2D eigenvalue weighted by molar-refractivity contribution is 8.00. The molecule has 0 N–H and O–H groups in total. The average molecular weight is 391 g/mol. The Morgan fingerprint density at radius 2 is 1.29 bits per heavy atom. The molecule has 0 nitrogen and oxygen atoms in total. The summed E-state index contributed by atoms with van der Waals surface area (Å²) in [6.07, 6.45) is 20.2. The van der Waals surface area contributed by atoms with Gasteiger partial charge in [0.1, 0.15) is 0 Å². The zero-order valence-electron chi connectivity index (χ0n) is 17.1. The molecule has 0 bridgehead atoms.